The van der Waals surface area contributed by atoms with Crippen molar-refractivity contribution < 1.29 is 4.39 Å². The van der Waals surface area contributed by atoms with Gasteiger partial charge in [-0.15, -0.1) is 0 Å². The first-order valence-corrected chi connectivity index (χ1v) is 8.09. The maximum absolute atomic E-state index is 13.5. The van der Waals surface area contributed by atoms with Crippen molar-refractivity contribution in [1.82, 2.24) is 10.2 Å². The SMILES string of the molecule is CCC1(C)CN(Cc2cc(F)ccc2C)C(C(C)C)CN1. The molecular weight excluding hydrogens is 263 g/mol. The zero-order chi connectivity index (χ0) is 15.6. The molecule has 2 unspecified atom stereocenters. The molecule has 0 amide bonds. The predicted octanol–water partition coefficient (Wildman–Crippen LogP) is 3.73. The molecule has 1 aromatic rings. The monoisotopic (exact) mass is 292 g/mol. The first-order valence-electron chi connectivity index (χ1n) is 8.09. The minimum absolute atomic E-state index is 0.134. The quantitative estimate of drug-likeness (QED) is 0.909. The van der Waals surface area contributed by atoms with Gasteiger partial charge in [-0.2, -0.15) is 0 Å². The number of nitrogens with zero attached hydrogens (tertiary/aromatic N) is 1. The summed E-state index contributed by atoms with van der Waals surface area (Å²) >= 11 is 0. The summed E-state index contributed by atoms with van der Waals surface area (Å²) in [5, 5.41) is 3.70. The van der Waals surface area contributed by atoms with Gasteiger partial charge in [0.05, 0.1) is 0 Å². The van der Waals surface area contributed by atoms with Crippen LogP contribution in [0.25, 0.3) is 0 Å². The van der Waals surface area contributed by atoms with Crippen molar-refractivity contribution in [2.75, 3.05) is 13.1 Å². The van der Waals surface area contributed by atoms with E-state index in [-0.39, 0.29) is 11.4 Å². The van der Waals surface area contributed by atoms with E-state index in [9.17, 15) is 4.39 Å². The third kappa shape index (κ3) is 3.83. The van der Waals surface area contributed by atoms with Crippen LogP contribution < -0.4 is 5.32 Å². The minimum atomic E-state index is -0.134. The van der Waals surface area contributed by atoms with Crippen molar-refractivity contribution in [2.24, 2.45) is 5.92 Å². The zero-order valence-corrected chi connectivity index (χ0v) is 14.0. The van der Waals surface area contributed by atoms with Gasteiger partial charge in [-0.05, 0) is 49.4 Å². The number of benzene rings is 1. The molecule has 2 atom stereocenters. The Balaban J connectivity index is 2.22. The molecule has 0 bridgehead atoms. The highest BCUT2D eigenvalue weighted by Crippen LogP contribution is 2.25. The summed E-state index contributed by atoms with van der Waals surface area (Å²) < 4.78 is 13.5. The van der Waals surface area contributed by atoms with Gasteiger partial charge in [0.25, 0.3) is 0 Å². The van der Waals surface area contributed by atoms with E-state index < -0.39 is 0 Å². The van der Waals surface area contributed by atoms with Crippen LogP contribution in [-0.2, 0) is 6.54 Å². The number of halogens is 1. The molecule has 1 fully saturated rings. The molecule has 3 heteroatoms. The smallest absolute Gasteiger partial charge is 0.123 e. The molecular formula is C18H29FN2. The van der Waals surface area contributed by atoms with Gasteiger partial charge in [0.2, 0.25) is 0 Å². The summed E-state index contributed by atoms with van der Waals surface area (Å²) in [7, 11) is 0. The number of aryl methyl sites for hydroxylation is 1. The Morgan fingerprint density at radius 1 is 1.43 bits per heavy atom. The van der Waals surface area contributed by atoms with E-state index in [4.69, 9.17) is 0 Å². The molecule has 0 aromatic heterocycles. The fourth-order valence-electron chi connectivity index (χ4n) is 3.20. The van der Waals surface area contributed by atoms with Crippen molar-refractivity contribution >= 4 is 0 Å². The van der Waals surface area contributed by atoms with E-state index in [0.717, 1.165) is 31.6 Å². The molecule has 0 aliphatic carbocycles. The summed E-state index contributed by atoms with van der Waals surface area (Å²) in [6.07, 6.45) is 1.11. The number of nitrogens with one attached hydrogen (secondary N) is 1. The lowest BCUT2D eigenvalue weighted by Crippen LogP contribution is -2.63. The van der Waals surface area contributed by atoms with Crippen LogP contribution in [0.2, 0.25) is 0 Å². The molecule has 1 saturated heterocycles. The van der Waals surface area contributed by atoms with Crippen LogP contribution in [0.5, 0.6) is 0 Å². The molecule has 1 heterocycles. The summed E-state index contributed by atoms with van der Waals surface area (Å²) in [6, 6.07) is 5.63. The van der Waals surface area contributed by atoms with Gasteiger partial charge in [-0.1, -0.05) is 26.8 Å². The van der Waals surface area contributed by atoms with Gasteiger partial charge >= 0.3 is 0 Å². The molecule has 2 nitrogen and oxygen atoms in total. The maximum atomic E-state index is 13.5. The largest absolute Gasteiger partial charge is 0.309 e. The van der Waals surface area contributed by atoms with Crippen LogP contribution in [0.4, 0.5) is 4.39 Å². The average molecular weight is 292 g/mol. The Morgan fingerprint density at radius 2 is 2.14 bits per heavy atom. The van der Waals surface area contributed by atoms with Crippen molar-refractivity contribution in [3.8, 4) is 0 Å². The molecule has 118 valence electrons. The Bertz CT molecular complexity index is 486. The molecule has 1 aliphatic heterocycles. The lowest BCUT2D eigenvalue weighted by Gasteiger charge is -2.47. The second-order valence-electron chi connectivity index (χ2n) is 7.08. The molecule has 1 N–H and O–H groups in total. The van der Waals surface area contributed by atoms with Crippen LogP contribution in [0.1, 0.15) is 45.2 Å². The van der Waals surface area contributed by atoms with Crippen LogP contribution in [0, 0.1) is 18.7 Å². The Hall–Kier alpha value is -0.930. The highest BCUT2D eigenvalue weighted by Gasteiger charge is 2.35. The highest BCUT2D eigenvalue weighted by molar-refractivity contribution is 5.26. The van der Waals surface area contributed by atoms with E-state index in [1.54, 1.807) is 12.1 Å². The normalized spacial score (nSPS) is 27.3. The number of hydrogen-bond acceptors (Lipinski definition) is 2. The van der Waals surface area contributed by atoms with Crippen molar-refractivity contribution in [3.05, 3.63) is 35.1 Å². The summed E-state index contributed by atoms with van der Waals surface area (Å²) in [4.78, 5) is 2.53. The summed E-state index contributed by atoms with van der Waals surface area (Å²) in [5.74, 6) is 0.456. The van der Waals surface area contributed by atoms with Gasteiger partial charge in [0, 0.05) is 31.2 Å². The fraction of sp³-hybridized carbons (Fsp3) is 0.667. The fourth-order valence-corrected chi connectivity index (χ4v) is 3.20. The second kappa shape index (κ2) is 6.45. The number of rotatable bonds is 4. The van der Waals surface area contributed by atoms with Gasteiger partial charge in [-0.3, -0.25) is 4.90 Å². The maximum Gasteiger partial charge on any atom is 0.123 e. The van der Waals surface area contributed by atoms with Gasteiger partial charge < -0.3 is 5.32 Å². The molecule has 0 saturated carbocycles. The first kappa shape index (κ1) is 16.4. The molecule has 1 aromatic carbocycles. The van der Waals surface area contributed by atoms with Crippen molar-refractivity contribution in [2.45, 2.75) is 59.2 Å². The second-order valence-corrected chi connectivity index (χ2v) is 7.08. The summed E-state index contributed by atoms with van der Waals surface area (Å²) in [5.41, 5.74) is 2.45. The molecule has 0 spiro atoms. The average Bonchev–Trinajstić information content (AvgIpc) is 2.43. The topological polar surface area (TPSA) is 15.3 Å². The lowest BCUT2D eigenvalue weighted by molar-refractivity contribution is 0.0537. The van der Waals surface area contributed by atoms with E-state index in [1.165, 1.54) is 5.56 Å². The van der Waals surface area contributed by atoms with E-state index in [0.29, 0.717) is 12.0 Å². The van der Waals surface area contributed by atoms with E-state index in [2.05, 4.69) is 44.8 Å². The minimum Gasteiger partial charge on any atom is -0.309 e. The van der Waals surface area contributed by atoms with Gasteiger partial charge in [0.15, 0.2) is 0 Å². The van der Waals surface area contributed by atoms with Crippen LogP contribution in [-0.4, -0.2) is 29.6 Å². The van der Waals surface area contributed by atoms with E-state index >= 15 is 0 Å². The van der Waals surface area contributed by atoms with Gasteiger partial charge in [-0.25, -0.2) is 4.39 Å². The van der Waals surface area contributed by atoms with Crippen LogP contribution >= 0.6 is 0 Å². The number of hydrogen-bond donors (Lipinski definition) is 1. The van der Waals surface area contributed by atoms with Gasteiger partial charge in [0.1, 0.15) is 5.82 Å². The lowest BCUT2D eigenvalue weighted by atomic mass is 9.89. The van der Waals surface area contributed by atoms with Crippen LogP contribution in [0.15, 0.2) is 18.2 Å². The number of piperazine rings is 1. The van der Waals surface area contributed by atoms with Crippen LogP contribution in [0.3, 0.4) is 0 Å². The molecule has 0 radical (unpaired) electrons. The third-order valence-electron chi connectivity index (χ3n) is 4.99. The Morgan fingerprint density at radius 3 is 2.76 bits per heavy atom. The zero-order valence-electron chi connectivity index (χ0n) is 14.0. The predicted molar refractivity (Wildman–Crippen MR) is 86.9 cm³/mol. The molecule has 21 heavy (non-hydrogen) atoms. The Kier molecular flexibility index (Phi) is 5.05. The van der Waals surface area contributed by atoms with Crippen molar-refractivity contribution in [3.63, 3.8) is 0 Å². The first-order chi connectivity index (χ1) is 9.84. The molecule has 1 aliphatic rings. The standard InChI is InChI=1S/C18H29FN2/c1-6-18(5)12-21(17(10-20-18)13(2)3)11-15-9-16(19)8-7-14(15)4/h7-9,13,17,20H,6,10-12H2,1-5H3. The molecule has 2 rings (SSSR count). The Labute approximate surface area is 128 Å². The highest BCUT2D eigenvalue weighted by atomic mass is 19.1. The summed E-state index contributed by atoms with van der Waals surface area (Å²) in [6.45, 7) is 14.0. The van der Waals surface area contributed by atoms with Crippen molar-refractivity contribution in [1.29, 1.82) is 0 Å². The third-order valence-corrected chi connectivity index (χ3v) is 4.99. The van der Waals surface area contributed by atoms with E-state index in [1.807, 2.05) is 6.07 Å².